The number of hydrogen-bond acceptors (Lipinski definition) is 2. The molecule has 19 heavy (non-hydrogen) atoms. The second kappa shape index (κ2) is 6.15. The Morgan fingerprint density at radius 3 is 2.63 bits per heavy atom. The van der Waals surface area contributed by atoms with E-state index < -0.39 is 0 Å². The summed E-state index contributed by atoms with van der Waals surface area (Å²) >= 11 is 6.12. The van der Waals surface area contributed by atoms with Gasteiger partial charge in [0.2, 0.25) is 0 Å². The van der Waals surface area contributed by atoms with Gasteiger partial charge < -0.3 is 10.5 Å². The SMILES string of the molecule is CCCC1CCC(N)(c2cc(Cl)ccc2OC)CC1. The normalized spacial score (nSPS) is 27.3. The van der Waals surface area contributed by atoms with Gasteiger partial charge in [-0.3, -0.25) is 0 Å². The van der Waals surface area contributed by atoms with E-state index in [0.717, 1.165) is 35.1 Å². The number of nitrogens with two attached hydrogens (primary N) is 1. The van der Waals surface area contributed by atoms with Crippen molar-refractivity contribution in [2.24, 2.45) is 11.7 Å². The zero-order valence-electron chi connectivity index (χ0n) is 11.9. The molecule has 1 aliphatic carbocycles. The first-order chi connectivity index (χ1) is 9.09. The van der Waals surface area contributed by atoms with E-state index in [1.165, 1.54) is 25.7 Å². The minimum Gasteiger partial charge on any atom is -0.496 e. The second-order valence-corrected chi connectivity index (χ2v) is 6.17. The van der Waals surface area contributed by atoms with E-state index in [-0.39, 0.29) is 5.54 Å². The Bertz CT molecular complexity index is 425. The van der Waals surface area contributed by atoms with Gasteiger partial charge in [-0.15, -0.1) is 0 Å². The Morgan fingerprint density at radius 2 is 2.05 bits per heavy atom. The van der Waals surface area contributed by atoms with E-state index in [0.29, 0.717) is 0 Å². The summed E-state index contributed by atoms with van der Waals surface area (Å²) in [6, 6.07) is 5.75. The lowest BCUT2D eigenvalue weighted by molar-refractivity contribution is 0.221. The van der Waals surface area contributed by atoms with Crippen molar-refractivity contribution in [2.75, 3.05) is 7.11 Å². The summed E-state index contributed by atoms with van der Waals surface area (Å²) in [4.78, 5) is 0. The highest BCUT2D eigenvalue weighted by molar-refractivity contribution is 6.30. The molecule has 106 valence electrons. The van der Waals surface area contributed by atoms with Gasteiger partial charge in [-0.2, -0.15) is 0 Å². The van der Waals surface area contributed by atoms with Gasteiger partial charge in [0.05, 0.1) is 7.11 Å². The first-order valence-corrected chi connectivity index (χ1v) is 7.59. The monoisotopic (exact) mass is 281 g/mol. The molecule has 0 saturated heterocycles. The Kier molecular flexibility index (Phi) is 4.75. The number of methoxy groups -OCH3 is 1. The molecule has 1 saturated carbocycles. The predicted octanol–water partition coefficient (Wildman–Crippen LogP) is 4.49. The molecule has 0 unspecified atom stereocenters. The van der Waals surface area contributed by atoms with Crippen LogP contribution in [0.15, 0.2) is 18.2 Å². The van der Waals surface area contributed by atoms with Gasteiger partial charge in [-0.25, -0.2) is 0 Å². The lowest BCUT2D eigenvalue weighted by Crippen LogP contribution is -2.40. The Hall–Kier alpha value is -0.730. The van der Waals surface area contributed by atoms with E-state index >= 15 is 0 Å². The van der Waals surface area contributed by atoms with Crippen LogP contribution in [0.5, 0.6) is 5.75 Å². The molecule has 1 aromatic rings. The van der Waals surface area contributed by atoms with E-state index in [2.05, 4.69) is 6.92 Å². The van der Waals surface area contributed by atoms with Crippen molar-refractivity contribution in [3.63, 3.8) is 0 Å². The molecule has 1 aromatic carbocycles. The van der Waals surface area contributed by atoms with Gasteiger partial charge in [-0.1, -0.05) is 31.4 Å². The summed E-state index contributed by atoms with van der Waals surface area (Å²) in [6.45, 7) is 2.25. The molecular formula is C16H24ClNO. The molecule has 2 N–H and O–H groups in total. The first-order valence-electron chi connectivity index (χ1n) is 7.22. The van der Waals surface area contributed by atoms with Crippen LogP contribution in [0.2, 0.25) is 5.02 Å². The van der Waals surface area contributed by atoms with Crippen molar-refractivity contribution in [3.8, 4) is 5.75 Å². The maximum absolute atomic E-state index is 6.65. The number of halogens is 1. The van der Waals surface area contributed by atoms with E-state index in [4.69, 9.17) is 22.1 Å². The summed E-state index contributed by atoms with van der Waals surface area (Å²) < 4.78 is 5.45. The fraction of sp³-hybridized carbons (Fsp3) is 0.625. The topological polar surface area (TPSA) is 35.2 Å². The number of ether oxygens (including phenoxy) is 1. The van der Waals surface area contributed by atoms with Crippen molar-refractivity contribution in [1.29, 1.82) is 0 Å². The summed E-state index contributed by atoms with van der Waals surface area (Å²) in [5.41, 5.74) is 7.44. The highest BCUT2D eigenvalue weighted by Crippen LogP contribution is 2.43. The molecule has 2 rings (SSSR count). The molecule has 0 radical (unpaired) electrons. The van der Waals surface area contributed by atoms with E-state index in [9.17, 15) is 0 Å². The van der Waals surface area contributed by atoms with Crippen LogP contribution in [0.3, 0.4) is 0 Å². The third-order valence-corrected chi connectivity index (χ3v) is 4.63. The summed E-state index contributed by atoms with van der Waals surface area (Å²) in [7, 11) is 1.69. The number of hydrogen-bond donors (Lipinski definition) is 1. The fourth-order valence-corrected chi connectivity index (χ4v) is 3.40. The molecule has 0 aromatic heterocycles. The van der Waals surface area contributed by atoms with Gasteiger partial charge in [0.1, 0.15) is 5.75 Å². The standard InChI is InChI=1S/C16H24ClNO/c1-3-4-12-7-9-16(18,10-8-12)14-11-13(17)5-6-15(14)19-2/h5-6,11-12H,3-4,7-10,18H2,1-2H3. The van der Waals surface area contributed by atoms with Crippen LogP contribution in [0.1, 0.15) is 51.0 Å². The Balaban J connectivity index is 2.19. The molecule has 1 aliphatic rings. The molecule has 3 heteroatoms. The van der Waals surface area contributed by atoms with Crippen LogP contribution in [0.25, 0.3) is 0 Å². The van der Waals surface area contributed by atoms with Gasteiger partial charge in [0.15, 0.2) is 0 Å². The summed E-state index contributed by atoms with van der Waals surface area (Å²) in [6.07, 6.45) is 7.05. The smallest absolute Gasteiger partial charge is 0.124 e. The van der Waals surface area contributed by atoms with Gasteiger partial charge in [0.25, 0.3) is 0 Å². The fourth-order valence-electron chi connectivity index (χ4n) is 3.23. The lowest BCUT2D eigenvalue weighted by Gasteiger charge is -2.38. The highest BCUT2D eigenvalue weighted by atomic mass is 35.5. The maximum Gasteiger partial charge on any atom is 0.124 e. The van der Waals surface area contributed by atoms with Crippen molar-refractivity contribution < 1.29 is 4.74 Å². The largest absolute Gasteiger partial charge is 0.496 e. The first kappa shape index (κ1) is 14.7. The van der Waals surface area contributed by atoms with E-state index in [1.54, 1.807) is 7.11 Å². The minimum atomic E-state index is -0.277. The quantitative estimate of drug-likeness (QED) is 0.882. The third-order valence-electron chi connectivity index (χ3n) is 4.39. The molecule has 0 amide bonds. The van der Waals surface area contributed by atoms with Gasteiger partial charge >= 0.3 is 0 Å². The molecule has 1 fully saturated rings. The summed E-state index contributed by atoms with van der Waals surface area (Å²) in [5.74, 6) is 1.70. The van der Waals surface area contributed by atoms with Crippen LogP contribution in [0.4, 0.5) is 0 Å². The van der Waals surface area contributed by atoms with Crippen molar-refractivity contribution in [1.82, 2.24) is 0 Å². The van der Waals surface area contributed by atoms with Crippen LogP contribution in [-0.4, -0.2) is 7.11 Å². The zero-order chi connectivity index (χ0) is 13.9. The zero-order valence-corrected chi connectivity index (χ0v) is 12.7. The summed E-state index contributed by atoms with van der Waals surface area (Å²) in [5, 5.41) is 0.733. The molecule has 0 aliphatic heterocycles. The van der Waals surface area contributed by atoms with Gasteiger partial charge in [-0.05, 0) is 49.8 Å². The Labute approximate surface area is 121 Å². The third kappa shape index (κ3) is 3.24. The second-order valence-electron chi connectivity index (χ2n) is 5.73. The average Bonchev–Trinajstić information content (AvgIpc) is 2.42. The molecule has 0 spiro atoms. The van der Waals surface area contributed by atoms with Crippen molar-refractivity contribution in [3.05, 3.63) is 28.8 Å². The number of rotatable bonds is 4. The van der Waals surface area contributed by atoms with Crippen LogP contribution >= 0.6 is 11.6 Å². The van der Waals surface area contributed by atoms with Crippen molar-refractivity contribution in [2.45, 2.75) is 51.0 Å². The van der Waals surface area contributed by atoms with Crippen LogP contribution < -0.4 is 10.5 Å². The average molecular weight is 282 g/mol. The number of benzene rings is 1. The Morgan fingerprint density at radius 1 is 1.37 bits per heavy atom. The predicted molar refractivity (Wildman–Crippen MR) is 80.7 cm³/mol. The van der Waals surface area contributed by atoms with Crippen LogP contribution in [0, 0.1) is 5.92 Å². The molecule has 0 bridgehead atoms. The lowest BCUT2D eigenvalue weighted by atomic mass is 9.72. The maximum atomic E-state index is 6.65. The highest BCUT2D eigenvalue weighted by Gasteiger charge is 2.35. The van der Waals surface area contributed by atoms with Crippen LogP contribution in [-0.2, 0) is 5.54 Å². The van der Waals surface area contributed by atoms with Gasteiger partial charge in [0, 0.05) is 16.1 Å². The van der Waals surface area contributed by atoms with Crippen molar-refractivity contribution >= 4 is 11.6 Å². The molecular weight excluding hydrogens is 258 g/mol. The van der Waals surface area contributed by atoms with E-state index in [1.807, 2.05) is 18.2 Å². The minimum absolute atomic E-state index is 0.277. The molecule has 0 atom stereocenters. The molecule has 2 nitrogen and oxygen atoms in total. The molecule has 0 heterocycles.